The molecule has 0 aliphatic heterocycles. The first-order valence-corrected chi connectivity index (χ1v) is 9.47. The van der Waals surface area contributed by atoms with Crippen LogP contribution in [0.4, 0.5) is 22.2 Å². The summed E-state index contributed by atoms with van der Waals surface area (Å²) in [5.74, 6) is -0.435. The molecule has 11 nitrogen and oxygen atoms in total. The summed E-state index contributed by atoms with van der Waals surface area (Å²) in [7, 11) is 1.85. The lowest BCUT2D eigenvalue weighted by atomic mass is 10.2. The number of esters is 1. The van der Waals surface area contributed by atoms with Gasteiger partial charge in [-0.2, -0.15) is 9.97 Å². The van der Waals surface area contributed by atoms with E-state index >= 15 is 0 Å². The highest BCUT2D eigenvalue weighted by molar-refractivity contribution is 5.95. The number of fused-ring (bicyclic) bond motifs is 1. The van der Waals surface area contributed by atoms with Crippen LogP contribution >= 0.6 is 0 Å². The van der Waals surface area contributed by atoms with Crippen molar-refractivity contribution >= 4 is 40.7 Å². The van der Waals surface area contributed by atoms with Crippen molar-refractivity contribution in [2.24, 2.45) is 5.92 Å². The van der Waals surface area contributed by atoms with Crippen molar-refractivity contribution < 1.29 is 19.1 Å². The standard InChI is InChI=1S/C20H23N7O4/c1-11(2)10-30-20(29)31-18(28)12-4-6-14(7-5-12)27(3)9-13-8-23-17-15(24-13)16(21)25-19(22)26-17/h4-8,11H,9-10H2,1-3H3,(H4,21,22,23,25,26). The maximum Gasteiger partial charge on any atom is 0.516 e. The first-order valence-electron chi connectivity index (χ1n) is 9.47. The van der Waals surface area contributed by atoms with Crippen molar-refractivity contribution in [3.63, 3.8) is 0 Å². The minimum absolute atomic E-state index is 0.0379. The van der Waals surface area contributed by atoms with Gasteiger partial charge in [0.15, 0.2) is 17.0 Å². The third kappa shape index (κ3) is 5.53. The maximum absolute atomic E-state index is 12.1. The quantitative estimate of drug-likeness (QED) is 0.440. The van der Waals surface area contributed by atoms with Crippen molar-refractivity contribution in [2.45, 2.75) is 20.4 Å². The average Bonchev–Trinajstić information content (AvgIpc) is 2.72. The van der Waals surface area contributed by atoms with E-state index in [2.05, 4.69) is 24.7 Å². The number of rotatable bonds is 6. The molecule has 3 rings (SSSR count). The SMILES string of the molecule is CC(C)COC(=O)OC(=O)c1ccc(N(C)Cc2cnc3nc(N)nc(N)c3n2)cc1. The molecule has 0 aliphatic rings. The Balaban J connectivity index is 1.65. The Kier molecular flexibility index (Phi) is 6.43. The highest BCUT2D eigenvalue weighted by atomic mass is 16.7. The minimum Gasteiger partial charge on any atom is -0.434 e. The van der Waals surface area contributed by atoms with Gasteiger partial charge in [0.1, 0.15) is 0 Å². The Labute approximate surface area is 178 Å². The van der Waals surface area contributed by atoms with E-state index in [1.54, 1.807) is 30.5 Å². The molecule has 3 aromatic rings. The van der Waals surface area contributed by atoms with Gasteiger partial charge < -0.3 is 25.8 Å². The number of carbonyl (C=O) groups excluding carboxylic acids is 2. The molecule has 2 aromatic heterocycles. The number of benzene rings is 1. The van der Waals surface area contributed by atoms with Crippen LogP contribution in [-0.2, 0) is 16.0 Å². The molecule has 0 saturated heterocycles. The van der Waals surface area contributed by atoms with E-state index in [-0.39, 0.29) is 29.9 Å². The second-order valence-corrected chi connectivity index (χ2v) is 7.25. The molecule has 1 aromatic carbocycles. The first kappa shape index (κ1) is 21.7. The molecule has 11 heteroatoms. The summed E-state index contributed by atoms with van der Waals surface area (Å²) >= 11 is 0. The zero-order valence-corrected chi connectivity index (χ0v) is 17.4. The number of carbonyl (C=O) groups is 2. The predicted molar refractivity (Wildman–Crippen MR) is 114 cm³/mol. The monoisotopic (exact) mass is 425 g/mol. The molecule has 0 saturated carbocycles. The largest absolute Gasteiger partial charge is 0.516 e. The summed E-state index contributed by atoms with van der Waals surface area (Å²) < 4.78 is 9.52. The molecular weight excluding hydrogens is 402 g/mol. The van der Waals surface area contributed by atoms with Crippen LogP contribution in [0.2, 0.25) is 0 Å². The Bertz CT molecular complexity index is 1100. The van der Waals surface area contributed by atoms with Crippen molar-refractivity contribution in [3.05, 3.63) is 41.7 Å². The van der Waals surface area contributed by atoms with Crippen LogP contribution in [0.5, 0.6) is 0 Å². The van der Waals surface area contributed by atoms with Crippen LogP contribution < -0.4 is 16.4 Å². The van der Waals surface area contributed by atoms with Gasteiger partial charge in [-0.1, -0.05) is 13.8 Å². The second kappa shape index (κ2) is 9.20. The molecule has 2 heterocycles. The first-order chi connectivity index (χ1) is 14.7. The van der Waals surface area contributed by atoms with Gasteiger partial charge in [-0.05, 0) is 30.2 Å². The van der Waals surface area contributed by atoms with E-state index < -0.39 is 12.1 Å². The topological polar surface area (TPSA) is 159 Å². The lowest BCUT2D eigenvalue weighted by Gasteiger charge is -2.19. The number of nitrogens with zero attached hydrogens (tertiary/aromatic N) is 5. The lowest BCUT2D eigenvalue weighted by molar-refractivity contribution is 0.0351. The second-order valence-electron chi connectivity index (χ2n) is 7.25. The van der Waals surface area contributed by atoms with Crippen LogP contribution in [-0.4, -0.2) is 45.7 Å². The molecule has 0 bridgehead atoms. The number of ether oxygens (including phenoxy) is 2. The summed E-state index contributed by atoms with van der Waals surface area (Å²) in [6.45, 7) is 4.36. The van der Waals surface area contributed by atoms with Gasteiger partial charge in [-0.25, -0.2) is 19.6 Å². The Morgan fingerprint density at radius 2 is 1.81 bits per heavy atom. The number of hydrogen-bond donors (Lipinski definition) is 2. The van der Waals surface area contributed by atoms with E-state index in [0.29, 0.717) is 23.4 Å². The molecule has 0 amide bonds. The maximum atomic E-state index is 12.1. The third-order valence-corrected chi connectivity index (χ3v) is 4.15. The van der Waals surface area contributed by atoms with Crippen molar-refractivity contribution in [2.75, 3.05) is 30.0 Å². The molecule has 0 unspecified atom stereocenters. The molecule has 4 N–H and O–H groups in total. The van der Waals surface area contributed by atoms with Crippen LogP contribution in [0.25, 0.3) is 11.2 Å². The molecule has 0 spiro atoms. The molecule has 0 radical (unpaired) electrons. The van der Waals surface area contributed by atoms with Crippen LogP contribution in [0.1, 0.15) is 29.9 Å². The molecule has 162 valence electrons. The van der Waals surface area contributed by atoms with Gasteiger partial charge in [-0.3, -0.25) is 0 Å². The lowest BCUT2D eigenvalue weighted by Crippen LogP contribution is -2.18. The van der Waals surface area contributed by atoms with Crippen molar-refractivity contribution in [1.29, 1.82) is 0 Å². The normalized spacial score (nSPS) is 10.8. The van der Waals surface area contributed by atoms with Crippen LogP contribution in [0.15, 0.2) is 30.5 Å². The molecular formula is C20H23N7O4. The van der Waals surface area contributed by atoms with Crippen LogP contribution in [0, 0.1) is 5.92 Å². The average molecular weight is 425 g/mol. The number of nitrogens with two attached hydrogens (primary N) is 2. The number of hydrogen-bond acceptors (Lipinski definition) is 11. The van der Waals surface area contributed by atoms with Gasteiger partial charge in [0.25, 0.3) is 0 Å². The number of nitrogen functional groups attached to an aromatic ring is 2. The number of anilines is 3. The van der Waals surface area contributed by atoms with E-state index in [4.69, 9.17) is 16.2 Å². The van der Waals surface area contributed by atoms with Gasteiger partial charge in [0.05, 0.1) is 30.6 Å². The van der Waals surface area contributed by atoms with E-state index in [9.17, 15) is 9.59 Å². The highest BCUT2D eigenvalue weighted by Crippen LogP contribution is 2.19. The fraction of sp³-hybridized carbons (Fsp3) is 0.300. The smallest absolute Gasteiger partial charge is 0.434 e. The summed E-state index contributed by atoms with van der Waals surface area (Å²) in [5.41, 5.74) is 13.8. The fourth-order valence-corrected chi connectivity index (χ4v) is 2.64. The fourth-order valence-electron chi connectivity index (χ4n) is 2.64. The molecule has 0 aliphatic carbocycles. The Morgan fingerprint density at radius 3 is 2.48 bits per heavy atom. The van der Waals surface area contributed by atoms with Crippen molar-refractivity contribution in [1.82, 2.24) is 19.9 Å². The Morgan fingerprint density at radius 1 is 1.10 bits per heavy atom. The summed E-state index contributed by atoms with van der Waals surface area (Å²) in [4.78, 5) is 42.1. The summed E-state index contributed by atoms with van der Waals surface area (Å²) in [5, 5.41) is 0. The predicted octanol–water partition coefficient (Wildman–Crippen LogP) is 2.17. The summed E-state index contributed by atoms with van der Waals surface area (Å²) in [6, 6.07) is 6.57. The van der Waals surface area contributed by atoms with Crippen LogP contribution in [0.3, 0.4) is 0 Å². The van der Waals surface area contributed by atoms with Gasteiger partial charge >= 0.3 is 12.1 Å². The van der Waals surface area contributed by atoms with Gasteiger partial charge in [0.2, 0.25) is 5.95 Å². The minimum atomic E-state index is -1.01. The molecule has 31 heavy (non-hydrogen) atoms. The highest BCUT2D eigenvalue weighted by Gasteiger charge is 2.15. The zero-order chi connectivity index (χ0) is 22.5. The third-order valence-electron chi connectivity index (χ3n) is 4.15. The zero-order valence-electron chi connectivity index (χ0n) is 17.4. The van der Waals surface area contributed by atoms with Gasteiger partial charge in [0, 0.05) is 12.7 Å². The molecule has 0 fully saturated rings. The molecule has 0 atom stereocenters. The van der Waals surface area contributed by atoms with Gasteiger partial charge in [-0.15, -0.1) is 0 Å². The number of aromatic nitrogens is 4. The van der Waals surface area contributed by atoms with E-state index in [0.717, 1.165) is 5.69 Å². The van der Waals surface area contributed by atoms with E-state index in [1.807, 2.05) is 25.8 Å². The van der Waals surface area contributed by atoms with E-state index in [1.165, 1.54) is 0 Å². The Hall–Kier alpha value is -4.02. The van der Waals surface area contributed by atoms with Crippen molar-refractivity contribution in [3.8, 4) is 0 Å². The summed E-state index contributed by atoms with van der Waals surface area (Å²) in [6.07, 6.45) is 0.568.